The Bertz CT molecular complexity index is 551. The van der Waals surface area contributed by atoms with Crippen LogP contribution < -0.4 is 15.5 Å². The van der Waals surface area contributed by atoms with E-state index in [-0.39, 0.29) is 11.9 Å². The summed E-state index contributed by atoms with van der Waals surface area (Å²) in [6, 6.07) is 7.70. The summed E-state index contributed by atoms with van der Waals surface area (Å²) in [4.78, 5) is 27.0. The number of hydrogen-bond acceptors (Lipinski definition) is 3. The molecule has 1 heterocycles. The second-order valence-corrected chi connectivity index (χ2v) is 5.18. The molecule has 0 unspecified atom stereocenters. The number of nitrogens with zero attached hydrogens (tertiary/aromatic N) is 2. The van der Waals surface area contributed by atoms with Crippen LogP contribution >= 0.6 is 0 Å². The van der Waals surface area contributed by atoms with Crippen molar-refractivity contribution in [2.24, 2.45) is 0 Å². The highest BCUT2D eigenvalue weighted by atomic mass is 16.2. The van der Waals surface area contributed by atoms with Crippen molar-refractivity contribution in [1.82, 2.24) is 10.2 Å². The van der Waals surface area contributed by atoms with Gasteiger partial charge in [0.15, 0.2) is 0 Å². The second-order valence-electron chi connectivity index (χ2n) is 5.18. The average molecular weight is 302 g/mol. The highest BCUT2D eigenvalue weighted by molar-refractivity contribution is 5.89. The predicted octanol–water partition coefficient (Wildman–Crippen LogP) is 1.66. The van der Waals surface area contributed by atoms with Crippen molar-refractivity contribution in [3.8, 4) is 0 Å². The zero-order chi connectivity index (χ0) is 15.9. The van der Waals surface area contributed by atoms with Crippen molar-refractivity contribution in [3.05, 3.63) is 36.9 Å². The maximum atomic E-state index is 11.9. The summed E-state index contributed by atoms with van der Waals surface area (Å²) in [6.45, 7) is 8.45. The Hall–Kier alpha value is -2.50. The Morgan fingerprint density at radius 2 is 2.00 bits per heavy atom. The lowest BCUT2D eigenvalue weighted by atomic mass is 10.2. The molecular formula is C16H22N4O2. The van der Waals surface area contributed by atoms with Crippen molar-refractivity contribution < 1.29 is 9.59 Å². The Morgan fingerprint density at radius 1 is 1.27 bits per heavy atom. The summed E-state index contributed by atoms with van der Waals surface area (Å²) < 4.78 is 0. The number of hydrogen-bond donors (Lipinski definition) is 2. The molecule has 0 atom stereocenters. The van der Waals surface area contributed by atoms with Crippen molar-refractivity contribution in [2.45, 2.75) is 6.92 Å². The van der Waals surface area contributed by atoms with E-state index in [1.165, 1.54) is 6.92 Å². The molecule has 1 aliphatic rings. The molecule has 3 amide bonds. The molecule has 22 heavy (non-hydrogen) atoms. The smallest absolute Gasteiger partial charge is 0.317 e. The summed E-state index contributed by atoms with van der Waals surface area (Å²) >= 11 is 0. The van der Waals surface area contributed by atoms with Crippen molar-refractivity contribution in [2.75, 3.05) is 42.9 Å². The number of rotatable bonds is 4. The number of piperazine rings is 1. The number of carbonyl (C=O) groups is 2. The zero-order valence-corrected chi connectivity index (χ0v) is 12.8. The lowest BCUT2D eigenvalue weighted by Crippen LogP contribution is -2.51. The van der Waals surface area contributed by atoms with Crippen LogP contribution in [-0.4, -0.2) is 49.6 Å². The van der Waals surface area contributed by atoms with Gasteiger partial charge in [0.1, 0.15) is 0 Å². The zero-order valence-electron chi connectivity index (χ0n) is 12.8. The molecule has 2 N–H and O–H groups in total. The summed E-state index contributed by atoms with van der Waals surface area (Å²) in [5, 5.41) is 5.58. The fourth-order valence-corrected chi connectivity index (χ4v) is 2.42. The Labute approximate surface area is 130 Å². The van der Waals surface area contributed by atoms with Crippen LogP contribution in [0.15, 0.2) is 36.9 Å². The van der Waals surface area contributed by atoms with Crippen LogP contribution in [0.25, 0.3) is 0 Å². The molecule has 0 radical (unpaired) electrons. The van der Waals surface area contributed by atoms with E-state index in [0.717, 1.165) is 24.5 Å². The lowest BCUT2D eigenvalue weighted by Gasteiger charge is -2.36. The van der Waals surface area contributed by atoms with Gasteiger partial charge in [-0.3, -0.25) is 4.79 Å². The lowest BCUT2D eigenvalue weighted by molar-refractivity contribution is -0.114. The number of benzene rings is 1. The van der Waals surface area contributed by atoms with Gasteiger partial charge in [-0.05, 0) is 18.2 Å². The quantitative estimate of drug-likeness (QED) is 0.832. The van der Waals surface area contributed by atoms with Gasteiger partial charge < -0.3 is 20.4 Å². The van der Waals surface area contributed by atoms with E-state index in [1.807, 2.05) is 24.3 Å². The highest BCUT2D eigenvalue weighted by Gasteiger charge is 2.20. The number of urea groups is 1. The van der Waals surface area contributed by atoms with Crippen LogP contribution in [0.4, 0.5) is 16.2 Å². The SMILES string of the molecule is C=CCNC(=O)N1CCN(c2cccc(NC(C)=O)c2)CC1. The first-order chi connectivity index (χ1) is 10.6. The Balaban J connectivity index is 1.92. The molecule has 6 nitrogen and oxygen atoms in total. The maximum absolute atomic E-state index is 11.9. The number of amides is 3. The molecule has 1 aromatic carbocycles. The van der Waals surface area contributed by atoms with Crippen LogP contribution in [-0.2, 0) is 4.79 Å². The van der Waals surface area contributed by atoms with Gasteiger partial charge in [0.05, 0.1) is 0 Å². The first-order valence-corrected chi connectivity index (χ1v) is 7.36. The number of nitrogens with one attached hydrogen (secondary N) is 2. The third kappa shape index (κ3) is 4.25. The van der Waals surface area contributed by atoms with Gasteiger partial charge >= 0.3 is 6.03 Å². The van der Waals surface area contributed by atoms with Gasteiger partial charge in [-0.25, -0.2) is 4.79 Å². The standard InChI is InChI=1S/C16H22N4O2/c1-3-7-17-16(22)20-10-8-19(9-11-20)15-6-4-5-14(12-15)18-13(2)21/h3-6,12H,1,7-11H2,2H3,(H,17,22)(H,18,21). The monoisotopic (exact) mass is 302 g/mol. The molecule has 1 aromatic rings. The van der Waals surface area contributed by atoms with E-state index in [4.69, 9.17) is 0 Å². The topological polar surface area (TPSA) is 64.7 Å². The maximum Gasteiger partial charge on any atom is 0.317 e. The third-order valence-electron chi connectivity index (χ3n) is 3.50. The molecule has 0 aromatic heterocycles. The van der Waals surface area contributed by atoms with E-state index in [9.17, 15) is 9.59 Å². The molecule has 0 saturated carbocycles. The minimum absolute atomic E-state index is 0.0495. The van der Waals surface area contributed by atoms with Crippen LogP contribution in [0.3, 0.4) is 0 Å². The molecule has 118 valence electrons. The van der Waals surface area contributed by atoms with E-state index < -0.39 is 0 Å². The largest absolute Gasteiger partial charge is 0.368 e. The van der Waals surface area contributed by atoms with Gasteiger partial charge in [0, 0.05) is 51.0 Å². The summed E-state index contributed by atoms with van der Waals surface area (Å²) in [5.74, 6) is -0.0825. The van der Waals surface area contributed by atoms with Crippen LogP contribution in [0.5, 0.6) is 0 Å². The molecule has 6 heteroatoms. The minimum atomic E-state index is -0.0825. The summed E-state index contributed by atoms with van der Waals surface area (Å²) in [5.41, 5.74) is 1.84. The molecule has 2 rings (SSSR count). The molecule has 1 aliphatic heterocycles. The fraction of sp³-hybridized carbons (Fsp3) is 0.375. The van der Waals surface area contributed by atoms with Gasteiger partial charge in [-0.1, -0.05) is 12.1 Å². The Morgan fingerprint density at radius 3 is 2.64 bits per heavy atom. The first kappa shape index (κ1) is 15.9. The van der Waals surface area contributed by atoms with Gasteiger partial charge in [-0.2, -0.15) is 0 Å². The average Bonchev–Trinajstić information content (AvgIpc) is 2.52. The van der Waals surface area contributed by atoms with Crippen molar-refractivity contribution in [1.29, 1.82) is 0 Å². The molecule has 1 saturated heterocycles. The van der Waals surface area contributed by atoms with Crippen molar-refractivity contribution in [3.63, 3.8) is 0 Å². The van der Waals surface area contributed by atoms with Crippen LogP contribution in [0.2, 0.25) is 0 Å². The molecule has 1 fully saturated rings. The Kier molecular flexibility index (Phi) is 5.41. The predicted molar refractivity (Wildman–Crippen MR) is 88.1 cm³/mol. The van der Waals surface area contributed by atoms with E-state index in [1.54, 1.807) is 11.0 Å². The fourth-order valence-electron chi connectivity index (χ4n) is 2.42. The van der Waals surface area contributed by atoms with Gasteiger partial charge in [0.2, 0.25) is 5.91 Å². The normalized spacial score (nSPS) is 14.4. The van der Waals surface area contributed by atoms with Crippen LogP contribution in [0.1, 0.15) is 6.92 Å². The molecule has 0 spiro atoms. The van der Waals surface area contributed by atoms with Crippen molar-refractivity contribution >= 4 is 23.3 Å². The van der Waals surface area contributed by atoms with E-state index >= 15 is 0 Å². The third-order valence-corrected chi connectivity index (χ3v) is 3.50. The highest BCUT2D eigenvalue weighted by Crippen LogP contribution is 2.20. The second kappa shape index (κ2) is 7.49. The van der Waals surface area contributed by atoms with E-state index in [2.05, 4.69) is 22.1 Å². The van der Waals surface area contributed by atoms with Gasteiger partial charge in [-0.15, -0.1) is 6.58 Å². The minimum Gasteiger partial charge on any atom is -0.368 e. The van der Waals surface area contributed by atoms with Gasteiger partial charge in [0.25, 0.3) is 0 Å². The first-order valence-electron chi connectivity index (χ1n) is 7.36. The molecular weight excluding hydrogens is 280 g/mol. The van der Waals surface area contributed by atoms with E-state index in [0.29, 0.717) is 19.6 Å². The molecule has 0 bridgehead atoms. The number of anilines is 2. The number of carbonyl (C=O) groups excluding carboxylic acids is 2. The summed E-state index contributed by atoms with van der Waals surface area (Å²) in [6.07, 6.45) is 1.67. The summed E-state index contributed by atoms with van der Waals surface area (Å²) in [7, 11) is 0. The molecule has 0 aliphatic carbocycles. The van der Waals surface area contributed by atoms with Crippen LogP contribution in [0, 0.1) is 0 Å².